The predicted molar refractivity (Wildman–Crippen MR) is 392 cm³/mol. The quantitative estimate of drug-likeness (QED) is 0.0243. The van der Waals surface area contributed by atoms with Crippen LogP contribution in [0.1, 0.15) is 444 Å². The van der Waals surface area contributed by atoms with Crippen molar-refractivity contribution in [1.82, 2.24) is 5.32 Å². The molecule has 9 heteroatoms. The molecule has 1 amide bonds. The average molecular weight is 1280 g/mol. The van der Waals surface area contributed by atoms with Crippen LogP contribution < -0.4 is 5.32 Å². The average Bonchev–Trinajstić information content (AvgIpc) is 3.60. The molecule has 89 heavy (non-hydrogen) atoms. The number of aliphatic hydroxyl groups is 1. The first-order valence-corrected chi connectivity index (χ1v) is 42.1. The number of amides is 1. The summed E-state index contributed by atoms with van der Waals surface area (Å²) < 4.78 is 23.9. The van der Waals surface area contributed by atoms with Crippen molar-refractivity contribution in [3.63, 3.8) is 0 Å². The molecule has 0 spiro atoms. The number of unbranched alkanes of at least 4 members (excludes halogenated alkanes) is 64. The first-order valence-electron chi connectivity index (χ1n) is 40.6. The van der Waals surface area contributed by atoms with Crippen molar-refractivity contribution in [3.05, 3.63) is 12.2 Å². The van der Waals surface area contributed by atoms with Gasteiger partial charge in [-0.3, -0.25) is 13.8 Å². The Hall–Kier alpha value is -0.760. The Morgan fingerprint density at radius 3 is 0.831 bits per heavy atom. The van der Waals surface area contributed by atoms with E-state index >= 15 is 0 Å². The minimum absolute atomic E-state index is 0.0657. The maximum Gasteiger partial charge on any atom is 0.472 e. The lowest BCUT2D eigenvalue weighted by Gasteiger charge is -2.25. The molecule has 0 aromatic heterocycles. The van der Waals surface area contributed by atoms with Crippen LogP contribution in [0.15, 0.2) is 12.2 Å². The molecule has 0 saturated carbocycles. The highest BCUT2D eigenvalue weighted by Gasteiger charge is 2.28. The van der Waals surface area contributed by atoms with E-state index in [1.54, 1.807) is 6.08 Å². The van der Waals surface area contributed by atoms with E-state index in [1.807, 2.05) is 27.2 Å². The summed E-state index contributed by atoms with van der Waals surface area (Å²) in [7, 11) is 1.60. The Bertz CT molecular complexity index is 1460. The Morgan fingerprint density at radius 1 is 0.371 bits per heavy atom. The molecule has 0 rings (SSSR count). The maximum atomic E-state index is 13.1. The van der Waals surface area contributed by atoms with Crippen molar-refractivity contribution in [1.29, 1.82) is 0 Å². The molecular formula is C80H162N2O6P+. The molecule has 0 aromatic rings. The molecule has 0 saturated heterocycles. The van der Waals surface area contributed by atoms with Gasteiger partial charge in [-0.1, -0.05) is 431 Å². The van der Waals surface area contributed by atoms with E-state index in [-0.39, 0.29) is 19.1 Å². The van der Waals surface area contributed by atoms with E-state index in [9.17, 15) is 19.4 Å². The van der Waals surface area contributed by atoms with Gasteiger partial charge >= 0.3 is 7.82 Å². The van der Waals surface area contributed by atoms with Crippen molar-refractivity contribution in [3.8, 4) is 0 Å². The molecule has 3 atom stereocenters. The summed E-state index contributed by atoms with van der Waals surface area (Å²) in [5, 5.41) is 14.1. The molecule has 3 unspecified atom stereocenters. The second kappa shape index (κ2) is 71.5. The van der Waals surface area contributed by atoms with Gasteiger partial charge in [-0.05, 0) is 19.3 Å². The third-order valence-electron chi connectivity index (χ3n) is 19.3. The number of phosphoric ester groups is 1. The number of hydrogen-bond acceptors (Lipinski definition) is 5. The number of likely N-dealkylation sites (N-methyl/N-ethyl adjacent to an activating group) is 1. The summed E-state index contributed by atoms with van der Waals surface area (Å²) in [5.41, 5.74) is 0. The van der Waals surface area contributed by atoms with E-state index in [0.717, 1.165) is 32.1 Å². The SMILES string of the molecule is CCCCCCCCCCCCCCCCCCCCCCCCCCCCC/C=C/C(O)C(COP(=O)(O)OCC[N+](C)(C)C)NC(=O)CCCCCCCCCCCCCCCCCCCCCCCCCCCCCCCCCCCCCCCC. The number of nitrogens with one attached hydrogen (secondary N) is 1. The summed E-state index contributed by atoms with van der Waals surface area (Å²) in [6.45, 7) is 4.90. The van der Waals surface area contributed by atoms with Crippen molar-refractivity contribution >= 4 is 13.7 Å². The molecule has 532 valence electrons. The van der Waals surface area contributed by atoms with Gasteiger partial charge in [0.05, 0.1) is 39.9 Å². The van der Waals surface area contributed by atoms with Gasteiger partial charge in [0, 0.05) is 6.42 Å². The van der Waals surface area contributed by atoms with Gasteiger partial charge in [0.25, 0.3) is 0 Å². The Kier molecular flexibility index (Phi) is 70.9. The highest BCUT2D eigenvalue weighted by Crippen LogP contribution is 2.43. The summed E-state index contributed by atoms with van der Waals surface area (Å²) in [6.07, 6.45) is 94.2. The van der Waals surface area contributed by atoms with Crippen LogP contribution in [0.2, 0.25) is 0 Å². The lowest BCUT2D eigenvalue weighted by molar-refractivity contribution is -0.870. The van der Waals surface area contributed by atoms with Crippen LogP contribution in [0, 0.1) is 0 Å². The number of carbonyl (C=O) groups excluding carboxylic acids is 1. The lowest BCUT2D eigenvalue weighted by Crippen LogP contribution is -2.45. The van der Waals surface area contributed by atoms with E-state index in [1.165, 1.54) is 392 Å². The van der Waals surface area contributed by atoms with Gasteiger partial charge < -0.3 is 19.8 Å². The molecule has 3 N–H and O–H groups in total. The standard InChI is InChI=1S/C80H161N2O6P/c1-6-8-10-12-14-16-18-20-22-24-26-28-30-32-34-36-37-38-39-40-41-42-43-44-46-48-50-52-54-56-58-60-62-64-66-68-70-72-74-80(84)81-78(77-88-89(85,86)87-76-75-82(3,4)5)79(83)73-71-69-67-65-63-61-59-57-55-53-51-49-47-45-35-33-31-29-27-25-23-21-19-17-15-13-11-9-7-2/h71,73,78-79,83H,6-70,72,74-77H2,1-5H3,(H-,81,84,85,86)/p+1/b73-71+. The number of allylic oxidation sites excluding steroid dienone is 1. The number of nitrogens with zero attached hydrogens (tertiary/aromatic N) is 1. The molecule has 0 radical (unpaired) electrons. The van der Waals surface area contributed by atoms with Crippen molar-refractivity contribution in [2.75, 3.05) is 40.9 Å². The molecule has 0 aliphatic carbocycles. The van der Waals surface area contributed by atoms with Crippen LogP contribution in [0.5, 0.6) is 0 Å². The van der Waals surface area contributed by atoms with Gasteiger partial charge in [-0.25, -0.2) is 4.57 Å². The zero-order valence-electron chi connectivity index (χ0n) is 61.2. The Morgan fingerprint density at radius 2 is 0.596 bits per heavy atom. The second-order valence-electron chi connectivity index (χ2n) is 29.5. The number of hydrogen-bond donors (Lipinski definition) is 3. The van der Waals surface area contributed by atoms with E-state index < -0.39 is 20.0 Å². The van der Waals surface area contributed by atoms with E-state index in [4.69, 9.17) is 9.05 Å². The summed E-state index contributed by atoms with van der Waals surface area (Å²) >= 11 is 0. The smallest absolute Gasteiger partial charge is 0.387 e. The van der Waals surface area contributed by atoms with Gasteiger partial charge in [0.15, 0.2) is 0 Å². The van der Waals surface area contributed by atoms with E-state index in [2.05, 4.69) is 19.2 Å². The summed E-state index contributed by atoms with van der Waals surface area (Å²) in [5.74, 6) is -0.165. The third-order valence-corrected chi connectivity index (χ3v) is 20.2. The summed E-state index contributed by atoms with van der Waals surface area (Å²) in [4.78, 5) is 23.5. The zero-order chi connectivity index (χ0) is 64.8. The molecule has 0 aromatic carbocycles. The van der Waals surface area contributed by atoms with E-state index in [0.29, 0.717) is 17.4 Å². The minimum Gasteiger partial charge on any atom is -0.387 e. The zero-order valence-corrected chi connectivity index (χ0v) is 62.1. The van der Waals surface area contributed by atoms with Crippen molar-refractivity contribution < 1.29 is 32.9 Å². The predicted octanol–water partition coefficient (Wildman–Crippen LogP) is 26.4. The second-order valence-corrected chi connectivity index (χ2v) is 31.0. The van der Waals surface area contributed by atoms with Crippen molar-refractivity contribution in [2.24, 2.45) is 0 Å². The molecular weight excluding hydrogens is 1120 g/mol. The molecule has 0 aliphatic heterocycles. The third kappa shape index (κ3) is 74.5. The largest absolute Gasteiger partial charge is 0.472 e. The fourth-order valence-corrected chi connectivity index (χ4v) is 13.7. The topological polar surface area (TPSA) is 105 Å². The summed E-state index contributed by atoms with van der Waals surface area (Å²) in [6, 6.07) is -0.845. The highest BCUT2D eigenvalue weighted by atomic mass is 31.2. The normalized spacial score (nSPS) is 13.5. The van der Waals surface area contributed by atoms with Crippen LogP contribution in [-0.2, 0) is 18.4 Å². The van der Waals surface area contributed by atoms with Crippen LogP contribution in [-0.4, -0.2) is 73.4 Å². The van der Waals surface area contributed by atoms with Crippen LogP contribution >= 0.6 is 7.82 Å². The van der Waals surface area contributed by atoms with Crippen LogP contribution in [0.25, 0.3) is 0 Å². The Balaban J connectivity index is 3.90. The first-order chi connectivity index (χ1) is 43.5. The number of aliphatic hydroxyl groups excluding tert-OH is 1. The van der Waals surface area contributed by atoms with Gasteiger partial charge in [0.1, 0.15) is 13.2 Å². The van der Waals surface area contributed by atoms with Gasteiger partial charge in [-0.2, -0.15) is 0 Å². The minimum atomic E-state index is -4.35. The highest BCUT2D eigenvalue weighted by molar-refractivity contribution is 7.47. The number of phosphoric acid groups is 1. The van der Waals surface area contributed by atoms with Gasteiger partial charge in [-0.15, -0.1) is 0 Å². The van der Waals surface area contributed by atoms with Gasteiger partial charge in [0.2, 0.25) is 5.91 Å². The van der Waals surface area contributed by atoms with Crippen molar-refractivity contribution in [2.45, 2.75) is 456 Å². The lowest BCUT2D eigenvalue weighted by atomic mass is 10.0. The molecule has 8 nitrogen and oxygen atoms in total. The fraction of sp³-hybridized carbons (Fsp3) is 0.963. The fourth-order valence-electron chi connectivity index (χ4n) is 13.0. The maximum absolute atomic E-state index is 13.1. The number of rotatable bonds is 77. The molecule has 0 bridgehead atoms. The monoisotopic (exact) mass is 1280 g/mol. The molecule has 0 fully saturated rings. The van der Waals surface area contributed by atoms with Crippen LogP contribution in [0.4, 0.5) is 0 Å². The molecule has 0 heterocycles. The first kappa shape index (κ1) is 88.2. The van der Waals surface area contributed by atoms with Crippen LogP contribution in [0.3, 0.4) is 0 Å². The number of quaternary nitrogens is 1. The number of carbonyl (C=O) groups is 1. The Labute approximate surface area is 558 Å². The molecule has 0 aliphatic rings.